The summed E-state index contributed by atoms with van der Waals surface area (Å²) >= 11 is 0. The van der Waals surface area contributed by atoms with E-state index < -0.39 is 0 Å². The Morgan fingerprint density at radius 1 is 1.10 bits per heavy atom. The van der Waals surface area contributed by atoms with Crippen LogP contribution in [-0.2, 0) is 0 Å². The van der Waals surface area contributed by atoms with Gasteiger partial charge in [0.2, 0.25) is 0 Å². The maximum absolute atomic E-state index is 5.43. The van der Waals surface area contributed by atoms with E-state index in [1.54, 1.807) is 7.11 Å². The summed E-state index contributed by atoms with van der Waals surface area (Å²) in [6.07, 6.45) is 1.84. The molecule has 1 aliphatic rings. The number of ether oxygens (including phenoxy) is 1. The van der Waals surface area contributed by atoms with Gasteiger partial charge in [-0.3, -0.25) is 0 Å². The van der Waals surface area contributed by atoms with Crippen LogP contribution in [0.4, 0.5) is 5.82 Å². The molecule has 3 heteroatoms. The second kappa shape index (κ2) is 4.62. The Balaban J connectivity index is 1.86. The molecule has 0 unspecified atom stereocenters. The van der Waals surface area contributed by atoms with Gasteiger partial charge in [-0.2, -0.15) is 0 Å². The number of pyridine rings is 1. The third-order valence-corrected chi connectivity index (χ3v) is 5.78. The van der Waals surface area contributed by atoms with Crippen LogP contribution in [0.3, 0.4) is 0 Å². The van der Waals surface area contributed by atoms with Crippen LogP contribution in [0.1, 0.15) is 27.7 Å². The highest BCUT2D eigenvalue weighted by Crippen LogP contribution is 2.68. The van der Waals surface area contributed by atoms with Crippen molar-refractivity contribution in [3.63, 3.8) is 0 Å². The number of nitrogens with one attached hydrogen (secondary N) is 1. The second-order valence-electron chi connectivity index (χ2n) is 7.09. The molecule has 112 valence electrons. The number of anilines is 1. The van der Waals surface area contributed by atoms with E-state index in [4.69, 9.17) is 4.74 Å². The number of aromatic nitrogens is 1. The SMILES string of the molecule is COc1cccc2c(NCC3C(C)(C)C3(C)C)nccc12. The molecule has 1 N–H and O–H groups in total. The van der Waals surface area contributed by atoms with Gasteiger partial charge in [0.15, 0.2) is 0 Å². The Morgan fingerprint density at radius 3 is 2.43 bits per heavy atom. The summed E-state index contributed by atoms with van der Waals surface area (Å²) in [5, 5.41) is 5.77. The van der Waals surface area contributed by atoms with E-state index in [0.717, 1.165) is 28.9 Å². The first-order chi connectivity index (χ1) is 9.89. The van der Waals surface area contributed by atoms with Gasteiger partial charge in [0.05, 0.1) is 7.11 Å². The minimum absolute atomic E-state index is 0.391. The zero-order valence-corrected chi connectivity index (χ0v) is 13.5. The van der Waals surface area contributed by atoms with Crippen LogP contribution >= 0.6 is 0 Å². The second-order valence-corrected chi connectivity index (χ2v) is 7.09. The van der Waals surface area contributed by atoms with Crippen molar-refractivity contribution < 1.29 is 4.74 Å². The van der Waals surface area contributed by atoms with Gasteiger partial charge in [-0.1, -0.05) is 39.8 Å². The first-order valence-electron chi connectivity index (χ1n) is 7.55. The number of nitrogens with zero attached hydrogens (tertiary/aromatic N) is 1. The molecular formula is C18H24N2O. The first-order valence-corrected chi connectivity index (χ1v) is 7.55. The molecule has 1 aromatic carbocycles. The highest BCUT2D eigenvalue weighted by Gasteiger charge is 2.64. The lowest BCUT2D eigenvalue weighted by atomic mass is 10.0. The van der Waals surface area contributed by atoms with Crippen molar-refractivity contribution in [1.82, 2.24) is 4.98 Å². The topological polar surface area (TPSA) is 34.1 Å². The lowest BCUT2D eigenvalue weighted by molar-refractivity contribution is 0.420. The normalized spacial score (nSPS) is 19.5. The number of rotatable bonds is 4. The molecule has 0 aliphatic heterocycles. The molecule has 0 amide bonds. The first kappa shape index (κ1) is 14.2. The van der Waals surface area contributed by atoms with Gasteiger partial charge < -0.3 is 10.1 Å². The molecule has 1 aliphatic carbocycles. The monoisotopic (exact) mass is 284 g/mol. The van der Waals surface area contributed by atoms with Gasteiger partial charge >= 0.3 is 0 Å². The molecule has 21 heavy (non-hydrogen) atoms. The Bertz CT molecular complexity index is 662. The maximum atomic E-state index is 5.43. The fourth-order valence-electron chi connectivity index (χ4n) is 3.54. The Kier molecular flexibility index (Phi) is 3.12. The standard InChI is InChI=1S/C18H24N2O/c1-17(2)15(18(17,3)4)11-20-16-13-7-6-8-14(21-5)12(13)9-10-19-16/h6-10,15H,11H2,1-5H3,(H,19,20). The summed E-state index contributed by atoms with van der Waals surface area (Å²) in [4.78, 5) is 4.51. The van der Waals surface area contributed by atoms with E-state index in [1.807, 2.05) is 24.4 Å². The number of benzene rings is 1. The maximum Gasteiger partial charge on any atom is 0.133 e. The largest absolute Gasteiger partial charge is 0.496 e. The van der Waals surface area contributed by atoms with Crippen LogP contribution in [0.5, 0.6) is 5.75 Å². The van der Waals surface area contributed by atoms with E-state index in [1.165, 1.54) is 0 Å². The number of hydrogen-bond acceptors (Lipinski definition) is 3. The summed E-state index contributed by atoms with van der Waals surface area (Å²) in [6.45, 7) is 10.3. The highest BCUT2D eigenvalue weighted by atomic mass is 16.5. The van der Waals surface area contributed by atoms with E-state index in [-0.39, 0.29) is 0 Å². The van der Waals surface area contributed by atoms with Crippen molar-refractivity contribution in [3.8, 4) is 5.75 Å². The molecule has 1 saturated carbocycles. The van der Waals surface area contributed by atoms with Crippen LogP contribution in [-0.4, -0.2) is 18.6 Å². The van der Waals surface area contributed by atoms with Gasteiger partial charge in [-0.25, -0.2) is 4.98 Å². The summed E-state index contributed by atoms with van der Waals surface area (Å²) in [7, 11) is 1.71. The molecule has 0 bridgehead atoms. The van der Waals surface area contributed by atoms with Crippen molar-refractivity contribution in [3.05, 3.63) is 30.5 Å². The average Bonchev–Trinajstić information content (AvgIpc) is 2.85. The number of fused-ring (bicyclic) bond motifs is 1. The predicted octanol–water partition coefficient (Wildman–Crippen LogP) is 4.34. The van der Waals surface area contributed by atoms with Crippen LogP contribution < -0.4 is 10.1 Å². The lowest BCUT2D eigenvalue weighted by Crippen LogP contribution is -2.09. The third kappa shape index (κ3) is 2.06. The number of methoxy groups -OCH3 is 1. The van der Waals surface area contributed by atoms with Gasteiger partial charge in [-0.15, -0.1) is 0 Å². The van der Waals surface area contributed by atoms with E-state index in [9.17, 15) is 0 Å². The summed E-state index contributed by atoms with van der Waals surface area (Å²) in [5.74, 6) is 2.52. The molecule has 0 radical (unpaired) electrons. The van der Waals surface area contributed by atoms with Crippen molar-refractivity contribution in [2.75, 3.05) is 19.0 Å². The lowest BCUT2D eigenvalue weighted by Gasteiger charge is -2.11. The van der Waals surface area contributed by atoms with Crippen LogP contribution in [0.2, 0.25) is 0 Å². The molecular weight excluding hydrogens is 260 g/mol. The summed E-state index contributed by atoms with van der Waals surface area (Å²) in [6, 6.07) is 8.10. The quantitative estimate of drug-likeness (QED) is 0.907. The summed E-state index contributed by atoms with van der Waals surface area (Å²) in [5.41, 5.74) is 0.782. The van der Waals surface area contributed by atoms with Gasteiger partial charge in [0.25, 0.3) is 0 Å². The molecule has 0 spiro atoms. The molecule has 0 saturated heterocycles. The van der Waals surface area contributed by atoms with Crippen LogP contribution in [0, 0.1) is 16.7 Å². The zero-order valence-electron chi connectivity index (χ0n) is 13.5. The Hall–Kier alpha value is -1.77. The minimum Gasteiger partial charge on any atom is -0.496 e. The summed E-state index contributed by atoms with van der Waals surface area (Å²) < 4.78 is 5.43. The fourth-order valence-corrected chi connectivity index (χ4v) is 3.54. The van der Waals surface area contributed by atoms with Crippen molar-refractivity contribution in [1.29, 1.82) is 0 Å². The fraction of sp³-hybridized carbons (Fsp3) is 0.500. The molecule has 3 nitrogen and oxygen atoms in total. The smallest absolute Gasteiger partial charge is 0.133 e. The molecule has 1 heterocycles. The average molecular weight is 284 g/mol. The zero-order chi connectivity index (χ0) is 15.3. The third-order valence-electron chi connectivity index (χ3n) is 5.78. The van der Waals surface area contributed by atoms with Crippen molar-refractivity contribution >= 4 is 16.6 Å². The van der Waals surface area contributed by atoms with Gasteiger partial charge in [0.1, 0.15) is 11.6 Å². The van der Waals surface area contributed by atoms with E-state index in [2.05, 4.69) is 44.1 Å². The van der Waals surface area contributed by atoms with Crippen LogP contribution in [0.15, 0.2) is 30.5 Å². The Morgan fingerprint density at radius 2 is 1.81 bits per heavy atom. The molecule has 1 aromatic heterocycles. The predicted molar refractivity (Wildman–Crippen MR) is 87.8 cm³/mol. The minimum atomic E-state index is 0.391. The highest BCUT2D eigenvalue weighted by molar-refractivity contribution is 5.95. The van der Waals surface area contributed by atoms with Gasteiger partial charge in [-0.05, 0) is 28.9 Å². The molecule has 2 aromatic rings. The Labute approximate surface area is 126 Å². The van der Waals surface area contributed by atoms with E-state index in [0.29, 0.717) is 16.7 Å². The van der Waals surface area contributed by atoms with E-state index >= 15 is 0 Å². The van der Waals surface area contributed by atoms with Crippen molar-refractivity contribution in [2.24, 2.45) is 16.7 Å². The molecule has 1 fully saturated rings. The number of hydrogen-bond donors (Lipinski definition) is 1. The molecule has 3 rings (SSSR count). The van der Waals surface area contributed by atoms with Crippen LogP contribution in [0.25, 0.3) is 10.8 Å². The van der Waals surface area contributed by atoms with Crippen molar-refractivity contribution in [2.45, 2.75) is 27.7 Å². The van der Waals surface area contributed by atoms with Gasteiger partial charge in [0, 0.05) is 23.5 Å². The molecule has 0 atom stereocenters.